The van der Waals surface area contributed by atoms with Gasteiger partial charge in [-0.2, -0.15) is 5.26 Å². The van der Waals surface area contributed by atoms with Gasteiger partial charge in [0.2, 0.25) is 11.8 Å². The number of aryl methyl sites for hydroxylation is 2. The van der Waals surface area contributed by atoms with Crippen LogP contribution in [0, 0.1) is 36.8 Å². The second-order valence-corrected chi connectivity index (χ2v) is 7.70. The topological polar surface area (TPSA) is 87.7 Å². The molecule has 1 aromatic carbocycles. The van der Waals surface area contributed by atoms with Crippen molar-refractivity contribution in [3.8, 4) is 23.2 Å². The maximum absolute atomic E-state index is 14.6. The number of aromatic amines is 1. The molecule has 3 N–H and O–H groups in total. The molecule has 1 aliphatic heterocycles. The van der Waals surface area contributed by atoms with Crippen molar-refractivity contribution in [1.82, 2.24) is 10.2 Å². The molecule has 0 fully saturated rings. The van der Waals surface area contributed by atoms with Crippen LogP contribution in [0.1, 0.15) is 26.8 Å². The molecule has 0 saturated heterocycles. The van der Waals surface area contributed by atoms with E-state index in [0.717, 1.165) is 33.5 Å². The van der Waals surface area contributed by atoms with Crippen LogP contribution in [0.4, 0.5) is 8.78 Å². The third kappa shape index (κ3) is 2.67. The van der Waals surface area contributed by atoms with Gasteiger partial charge >= 0.3 is 0 Å². The van der Waals surface area contributed by atoms with Crippen LogP contribution in [0.3, 0.4) is 0 Å². The van der Waals surface area contributed by atoms with Crippen LogP contribution in [0.15, 0.2) is 35.7 Å². The molecule has 4 rings (SSSR count). The molecule has 27 heavy (non-hydrogen) atoms. The first kappa shape index (κ1) is 17.2. The second kappa shape index (κ2) is 6.21. The lowest BCUT2D eigenvalue weighted by Gasteiger charge is -2.24. The van der Waals surface area contributed by atoms with Gasteiger partial charge in [0.05, 0.1) is 17.2 Å². The van der Waals surface area contributed by atoms with Gasteiger partial charge in [-0.05, 0) is 38.1 Å². The third-order valence-electron chi connectivity index (χ3n) is 4.52. The quantitative estimate of drug-likeness (QED) is 0.691. The number of allylic oxidation sites excluding steroid dienone is 1. The minimum Gasteiger partial charge on any atom is -0.420 e. The Hall–Kier alpha value is -3.18. The van der Waals surface area contributed by atoms with E-state index in [0.29, 0.717) is 11.3 Å². The lowest BCUT2D eigenvalue weighted by molar-refractivity contribution is 0.378. The van der Waals surface area contributed by atoms with E-state index in [-0.39, 0.29) is 22.9 Å². The molecule has 0 radical (unpaired) electrons. The number of thiophene rings is 1. The van der Waals surface area contributed by atoms with Gasteiger partial charge in [0.1, 0.15) is 23.3 Å². The number of H-pyrrole nitrogens is 1. The summed E-state index contributed by atoms with van der Waals surface area (Å²) < 4.78 is 34.0. The Kier molecular flexibility index (Phi) is 3.97. The van der Waals surface area contributed by atoms with Gasteiger partial charge in [0.25, 0.3) is 0 Å². The normalized spacial score (nSPS) is 16.0. The molecule has 3 aromatic rings. The molecular weight excluding hydrogens is 370 g/mol. The maximum Gasteiger partial charge on any atom is 0.244 e. The number of nitriles is 1. The average Bonchev–Trinajstić information content (AvgIpc) is 3.18. The number of fused-ring (bicyclic) bond motifs is 1. The van der Waals surface area contributed by atoms with E-state index in [4.69, 9.17) is 10.5 Å². The first-order valence-electron chi connectivity index (χ1n) is 8.09. The van der Waals surface area contributed by atoms with Crippen molar-refractivity contribution < 1.29 is 13.5 Å². The number of nitrogens with zero attached hydrogens (tertiary/aromatic N) is 2. The van der Waals surface area contributed by atoms with Gasteiger partial charge < -0.3 is 10.5 Å². The number of nitrogens with two attached hydrogens (primary N) is 1. The molecular formula is C19H14F2N4OS. The van der Waals surface area contributed by atoms with E-state index >= 15 is 0 Å². The molecule has 5 nitrogen and oxygen atoms in total. The van der Waals surface area contributed by atoms with Crippen LogP contribution in [0.5, 0.6) is 5.88 Å². The summed E-state index contributed by atoms with van der Waals surface area (Å²) in [6, 6.07) is 7.09. The van der Waals surface area contributed by atoms with Crippen LogP contribution in [0.25, 0.3) is 11.3 Å². The zero-order valence-corrected chi connectivity index (χ0v) is 15.2. The monoisotopic (exact) mass is 384 g/mol. The Balaban J connectivity index is 2.02. The van der Waals surface area contributed by atoms with E-state index in [2.05, 4.69) is 10.2 Å². The first-order valence-corrected chi connectivity index (χ1v) is 8.90. The maximum atomic E-state index is 14.6. The summed E-state index contributed by atoms with van der Waals surface area (Å²) in [5.41, 5.74) is 7.82. The van der Waals surface area contributed by atoms with E-state index in [9.17, 15) is 14.0 Å². The standard InChI is InChI=1S/C19H14F2N4OS/c1-8-5-11(9(2)27-8)17-16-15(12-6-10(20)3-4-14(12)21)13(7-22)18(23)26-19(16)25-24-17/h3-6,15H,23H2,1-2H3,(H,24,25)/t15-/m1/s1. The summed E-state index contributed by atoms with van der Waals surface area (Å²) >= 11 is 1.60. The molecule has 0 saturated carbocycles. The zero-order chi connectivity index (χ0) is 19.3. The highest BCUT2D eigenvalue weighted by atomic mass is 32.1. The SMILES string of the molecule is Cc1cc(-c2[nH]nc3c2[C@H](c2cc(F)ccc2F)C(C#N)=C(N)O3)c(C)s1. The highest BCUT2D eigenvalue weighted by Crippen LogP contribution is 2.47. The van der Waals surface area contributed by atoms with Crippen molar-refractivity contribution in [2.45, 2.75) is 19.8 Å². The fraction of sp³-hybridized carbons (Fsp3) is 0.158. The van der Waals surface area contributed by atoms with Crippen molar-refractivity contribution in [2.24, 2.45) is 5.73 Å². The fourth-order valence-corrected chi connectivity index (χ4v) is 4.31. The van der Waals surface area contributed by atoms with Crippen LogP contribution in [-0.2, 0) is 0 Å². The van der Waals surface area contributed by atoms with E-state index in [1.54, 1.807) is 11.3 Å². The number of aromatic nitrogens is 2. The van der Waals surface area contributed by atoms with E-state index < -0.39 is 17.6 Å². The molecule has 0 aliphatic carbocycles. The summed E-state index contributed by atoms with van der Waals surface area (Å²) in [6.07, 6.45) is 0. The van der Waals surface area contributed by atoms with Crippen molar-refractivity contribution in [1.29, 1.82) is 5.26 Å². The van der Waals surface area contributed by atoms with Gasteiger partial charge in [0.15, 0.2) is 0 Å². The predicted octanol–water partition coefficient (Wildman–Crippen LogP) is 4.25. The van der Waals surface area contributed by atoms with Crippen molar-refractivity contribution in [3.05, 3.63) is 68.2 Å². The van der Waals surface area contributed by atoms with Crippen LogP contribution >= 0.6 is 11.3 Å². The molecule has 1 atom stereocenters. The zero-order valence-electron chi connectivity index (χ0n) is 14.4. The number of rotatable bonds is 2. The summed E-state index contributed by atoms with van der Waals surface area (Å²) in [7, 11) is 0. The minimum absolute atomic E-state index is 0.00584. The van der Waals surface area contributed by atoms with E-state index in [1.807, 2.05) is 26.0 Å². The molecule has 0 spiro atoms. The average molecular weight is 384 g/mol. The van der Waals surface area contributed by atoms with Gasteiger partial charge in [-0.3, -0.25) is 5.10 Å². The van der Waals surface area contributed by atoms with Gasteiger partial charge in [-0.15, -0.1) is 16.4 Å². The number of benzene rings is 1. The highest BCUT2D eigenvalue weighted by molar-refractivity contribution is 7.12. The Labute approximate surface area is 157 Å². The van der Waals surface area contributed by atoms with Gasteiger partial charge in [0, 0.05) is 20.9 Å². The molecule has 8 heteroatoms. The number of ether oxygens (including phenoxy) is 1. The number of hydrogen-bond acceptors (Lipinski definition) is 5. The third-order valence-corrected chi connectivity index (χ3v) is 5.48. The Morgan fingerprint density at radius 3 is 2.74 bits per heavy atom. The van der Waals surface area contributed by atoms with Crippen LogP contribution in [-0.4, -0.2) is 10.2 Å². The molecule has 1 aliphatic rings. The predicted molar refractivity (Wildman–Crippen MR) is 97.0 cm³/mol. The van der Waals surface area contributed by atoms with Crippen molar-refractivity contribution in [2.75, 3.05) is 0 Å². The Morgan fingerprint density at radius 1 is 1.30 bits per heavy atom. The molecule has 2 aromatic heterocycles. The lowest BCUT2D eigenvalue weighted by Crippen LogP contribution is -2.21. The van der Waals surface area contributed by atoms with Crippen molar-refractivity contribution in [3.63, 3.8) is 0 Å². The molecule has 136 valence electrons. The molecule has 3 heterocycles. The Morgan fingerprint density at radius 2 is 2.07 bits per heavy atom. The van der Waals surface area contributed by atoms with Crippen LogP contribution in [0.2, 0.25) is 0 Å². The Bertz CT molecular complexity index is 1140. The second-order valence-electron chi connectivity index (χ2n) is 6.23. The number of nitrogens with one attached hydrogen (secondary N) is 1. The minimum atomic E-state index is -0.928. The number of halogens is 2. The summed E-state index contributed by atoms with van der Waals surface area (Å²) in [4.78, 5) is 2.12. The molecule has 0 amide bonds. The highest BCUT2D eigenvalue weighted by Gasteiger charge is 2.37. The first-order chi connectivity index (χ1) is 12.9. The summed E-state index contributed by atoms with van der Waals surface area (Å²) in [5, 5.41) is 16.7. The van der Waals surface area contributed by atoms with E-state index in [1.165, 1.54) is 0 Å². The molecule has 0 bridgehead atoms. The largest absolute Gasteiger partial charge is 0.420 e. The van der Waals surface area contributed by atoms with Gasteiger partial charge in [-0.25, -0.2) is 8.78 Å². The summed E-state index contributed by atoms with van der Waals surface area (Å²) in [6.45, 7) is 3.93. The van der Waals surface area contributed by atoms with Crippen molar-refractivity contribution >= 4 is 11.3 Å². The van der Waals surface area contributed by atoms with Crippen LogP contribution < -0.4 is 10.5 Å². The fourth-order valence-electron chi connectivity index (χ4n) is 3.38. The smallest absolute Gasteiger partial charge is 0.244 e. The summed E-state index contributed by atoms with van der Waals surface area (Å²) in [5.74, 6) is -2.20. The molecule has 0 unspecified atom stereocenters. The number of hydrogen-bond donors (Lipinski definition) is 2. The lowest BCUT2D eigenvalue weighted by atomic mass is 9.82. The van der Waals surface area contributed by atoms with Gasteiger partial charge in [-0.1, -0.05) is 0 Å².